The first-order valence-electron chi connectivity index (χ1n) is 6.78. The lowest BCUT2D eigenvalue weighted by Gasteiger charge is -2.28. The van der Waals surface area contributed by atoms with E-state index >= 15 is 0 Å². The zero-order valence-electron chi connectivity index (χ0n) is 11.8. The molecule has 1 aromatic heterocycles. The molecule has 0 aliphatic carbocycles. The van der Waals surface area contributed by atoms with Crippen LogP contribution in [-0.4, -0.2) is 41.0 Å². The lowest BCUT2D eigenvalue weighted by atomic mass is 10.0. The summed E-state index contributed by atoms with van der Waals surface area (Å²) in [4.78, 5) is 26.4. The third-order valence-electron chi connectivity index (χ3n) is 3.57. The van der Waals surface area contributed by atoms with E-state index in [-0.39, 0.29) is 18.4 Å². The van der Waals surface area contributed by atoms with Crippen molar-refractivity contribution < 1.29 is 14.7 Å². The molecule has 0 aromatic carbocycles. The summed E-state index contributed by atoms with van der Waals surface area (Å²) in [6, 6.07) is 1.38. The quantitative estimate of drug-likeness (QED) is 0.860. The van der Waals surface area contributed by atoms with Gasteiger partial charge in [0.15, 0.2) is 0 Å². The standard InChI is InChI=1S/C14H20N2O3S/c1-9(2)13(14(18)19)15-7-12(17)16-5-3-11-10(8-16)4-6-20-11/h4,6,9,13,15H,3,5,7-8H2,1-2H3,(H,18,19). The topological polar surface area (TPSA) is 69.6 Å². The normalized spacial score (nSPS) is 16.1. The molecule has 0 saturated heterocycles. The lowest BCUT2D eigenvalue weighted by Crippen LogP contribution is -2.47. The van der Waals surface area contributed by atoms with Crippen molar-refractivity contribution in [2.24, 2.45) is 5.92 Å². The number of amides is 1. The van der Waals surface area contributed by atoms with Crippen LogP contribution in [0.3, 0.4) is 0 Å². The number of carboxylic acids is 1. The van der Waals surface area contributed by atoms with Crippen molar-refractivity contribution >= 4 is 23.2 Å². The molecule has 2 heterocycles. The molecule has 1 aliphatic rings. The van der Waals surface area contributed by atoms with Gasteiger partial charge >= 0.3 is 5.97 Å². The van der Waals surface area contributed by atoms with Crippen molar-refractivity contribution in [2.75, 3.05) is 13.1 Å². The maximum absolute atomic E-state index is 12.2. The summed E-state index contributed by atoms with van der Waals surface area (Å²) < 4.78 is 0. The number of carbonyl (C=O) groups is 2. The van der Waals surface area contributed by atoms with Gasteiger partial charge in [0.2, 0.25) is 5.91 Å². The fourth-order valence-electron chi connectivity index (χ4n) is 2.38. The van der Waals surface area contributed by atoms with Crippen molar-refractivity contribution in [1.82, 2.24) is 10.2 Å². The first-order chi connectivity index (χ1) is 9.49. The molecule has 5 nitrogen and oxygen atoms in total. The fourth-order valence-corrected chi connectivity index (χ4v) is 3.27. The van der Waals surface area contributed by atoms with Crippen LogP contribution >= 0.6 is 11.3 Å². The van der Waals surface area contributed by atoms with Gasteiger partial charge in [0.25, 0.3) is 0 Å². The highest BCUT2D eigenvalue weighted by Crippen LogP contribution is 2.23. The van der Waals surface area contributed by atoms with E-state index in [1.807, 2.05) is 13.8 Å². The molecule has 0 radical (unpaired) electrons. The number of carbonyl (C=O) groups excluding carboxylic acids is 1. The molecule has 2 N–H and O–H groups in total. The molecule has 20 heavy (non-hydrogen) atoms. The van der Waals surface area contributed by atoms with Crippen molar-refractivity contribution in [3.63, 3.8) is 0 Å². The van der Waals surface area contributed by atoms with Gasteiger partial charge in [-0.05, 0) is 29.3 Å². The average Bonchev–Trinajstić information content (AvgIpc) is 2.84. The Hall–Kier alpha value is -1.40. The summed E-state index contributed by atoms with van der Waals surface area (Å²) >= 11 is 1.73. The average molecular weight is 296 g/mol. The molecule has 1 unspecified atom stereocenters. The Kier molecular flexibility index (Phi) is 4.77. The molecular formula is C14H20N2O3S. The van der Waals surface area contributed by atoms with Crippen molar-refractivity contribution in [3.8, 4) is 0 Å². The molecule has 0 spiro atoms. The molecule has 0 saturated carbocycles. The van der Waals surface area contributed by atoms with Crippen molar-refractivity contribution in [3.05, 3.63) is 21.9 Å². The largest absolute Gasteiger partial charge is 0.480 e. The summed E-state index contributed by atoms with van der Waals surface area (Å²) in [5.74, 6) is -0.995. The predicted molar refractivity (Wildman–Crippen MR) is 77.7 cm³/mol. The van der Waals surface area contributed by atoms with E-state index in [4.69, 9.17) is 5.11 Å². The Morgan fingerprint density at radius 1 is 1.50 bits per heavy atom. The van der Waals surface area contributed by atoms with Crippen LogP contribution < -0.4 is 5.32 Å². The van der Waals surface area contributed by atoms with E-state index < -0.39 is 12.0 Å². The monoisotopic (exact) mass is 296 g/mol. The highest BCUT2D eigenvalue weighted by atomic mass is 32.1. The minimum absolute atomic E-state index is 0.0336. The second-order valence-electron chi connectivity index (χ2n) is 5.38. The van der Waals surface area contributed by atoms with Crippen molar-refractivity contribution in [1.29, 1.82) is 0 Å². The second-order valence-corrected chi connectivity index (χ2v) is 6.38. The summed E-state index contributed by atoms with van der Waals surface area (Å²) in [5.41, 5.74) is 1.22. The number of fused-ring (bicyclic) bond motifs is 1. The van der Waals surface area contributed by atoms with E-state index in [0.29, 0.717) is 13.1 Å². The van der Waals surface area contributed by atoms with Gasteiger partial charge in [-0.3, -0.25) is 14.9 Å². The number of rotatable bonds is 5. The second kappa shape index (κ2) is 6.37. The SMILES string of the molecule is CC(C)C(NCC(=O)N1CCc2sccc2C1)C(=O)O. The van der Waals surface area contributed by atoms with Gasteiger partial charge < -0.3 is 10.0 Å². The van der Waals surface area contributed by atoms with Gasteiger partial charge in [0.05, 0.1) is 6.54 Å². The van der Waals surface area contributed by atoms with Crippen LogP contribution in [0.5, 0.6) is 0 Å². The van der Waals surface area contributed by atoms with Crippen LogP contribution in [0.15, 0.2) is 11.4 Å². The third-order valence-corrected chi connectivity index (χ3v) is 4.59. The number of nitrogens with one attached hydrogen (secondary N) is 1. The van der Waals surface area contributed by atoms with E-state index in [0.717, 1.165) is 6.42 Å². The van der Waals surface area contributed by atoms with Crippen LogP contribution in [0.4, 0.5) is 0 Å². The van der Waals surface area contributed by atoms with Crippen LogP contribution in [0.2, 0.25) is 0 Å². The Bertz CT molecular complexity index is 498. The van der Waals surface area contributed by atoms with E-state index in [1.165, 1.54) is 10.4 Å². The molecule has 0 fully saturated rings. The molecule has 1 aliphatic heterocycles. The Labute approximate surface area is 122 Å². The molecule has 1 amide bonds. The smallest absolute Gasteiger partial charge is 0.320 e. The molecular weight excluding hydrogens is 276 g/mol. The Morgan fingerprint density at radius 3 is 2.90 bits per heavy atom. The maximum atomic E-state index is 12.2. The van der Waals surface area contributed by atoms with Gasteiger partial charge in [-0.2, -0.15) is 0 Å². The Morgan fingerprint density at radius 2 is 2.25 bits per heavy atom. The van der Waals surface area contributed by atoms with Gasteiger partial charge in [-0.15, -0.1) is 11.3 Å². The van der Waals surface area contributed by atoms with Gasteiger partial charge in [-0.1, -0.05) is 13.8 Å². The molecule has 110 valence electrons. The number of carboxylic acid groups (broad SMARTS) is 1. The van der Waals surface area contributed by atoms with Gasteiger partial charge in [-0.25, -0.2) is 0 Å². The molecule has 2 rings (SSSR count). The summed E-state index contributed by atoms with van der Waals surface area (Å²) in [7, 11) is 0. The van der Waals surface area contributed by atoms with Crippen molar-refractivity contribution in [2.45, 2.75) is 32.9 Å². The first-order valence-corrected chi connectivity index (χ1v) is 7.66. The van der Waals surface area contributed by atoms with Gasteiger partial charge in [0.1, 0.15) is 6.04 Å². The number of aliphatic carboxylic acids is 1. The fraction of sp³-hybridized carbons (Fsp3) is 0.571. The zero-order chi connectivity index (χ0) is 14.7. The third kappa shape index (κ3) is 3.37. The number of hydrogen-bond donors (Lipinski definition) is 2. The number of thiophene rings is 1. The van der Waals surface area contributed by atoms with Crippen LogP contribution in [0.1, 0.15) is 24.3 Å². The summed E-state index contributed by atoms with van der Waals surface area (Å²) in [5, 5.41) is 14.0. The minimum Gasteiger partial charge on any atom is -0.480 e. The van der Waals surface area contributed by atoms with Crippen LogP contribution in [-0.2, 0) is 22.6 Å². The van der Waals surface area contributed by atoms with Gasteiger partial charge in [0, 0.05) is 18.0 Å². The highest BCUT2D eigenvalue weighted by Gasteiger charge is 2.25. The van der Waals surface area contributed by atoms with E-state index in [9.17, 15) is 9.59 Å². The minimum atomic E-state index is -0.911. The molecule has 1 atom stereocenters. The van der Waals surface area contributed by atoms with E-state index in [1.54, 1.807) is 16.2 Å². The summed E-state index contributed by atoms with van der Waals surface area (Å²) in [6.45, 7) is 5.09. The molecule has 1 aromatic rings. The van der Waals surface area contributed by atoms with Crippen LogP contribution in [0.25, 0.3) is 0 Å². The molecule has 6 heteroatoms. The Balaban J connectivity index is 1.88. The zero-order valence-corrected chi connectivity index (χ0v) is 12.6. The van der Waals surface area contributed by atoms with E-state index in [2.05, 4.69) is 16.8 Å². The number of hydrogen-bond acceptors (Lipinski definition) is 4. The predicted octanol–water partition coefficient (Wildman–Crippen LogP) is 1.33. The summed E-state index contributed by atoms with van der Waals surface area (Å²) in [6.07, 6.45) is 0.894. The molecule has 0 bridgehead atoms. The lowest BCUT2D eigenvalue weighted by molar-refractivity contribution is -0.141. The highest BCUT2D eigenvalue weighted by molar-refractivity contribution is 7.10. The number of nitrogens with zero attached hydrogens (tertiary/aromatic N) is 1. The first kappa shape index (κ1) is 15.0. The van der Waals surface area contributed by atoms with Crippen LogP contribution in [0, 0.1) is 5.92 Å². The maximum Gasteiger partial charge on any atom is 0.320 e.